The molecular weight excluding hydrogens is 317 g/mol. The number of carbonyl (C=O) groups excluding carboxylic acids is 1. The first-order valence-electron chi connectivity index (χ1n) is 5.42. The summed E-state index contributed by atoms with van der Waals surface area (Å²) >= 11 is 4.86. The van der Waals surface area contributed by atoms with Crippen LogP contribution in [-0.4, -0.2) is 12.5 Å². The first kappa shape index (κ1) is 13.2. The number of carbonyl (C=O) groups is 1. The van der Waals surface area contributed by atoms with Crippen molar-refractivity contribution in [2.24, 2.45) is 0 Å². The number of thiophene rings is 1. The van der Waals surface area contributed by atoms with E-state index in [1.807, 2.05) is 17.5 Å². The Labute approximate surface area is 117 Å². The molecule has 18 heavy (non-hydrogen) atoms. The van der Waals surface area contributed by atoms with Gasteiger partial charge in [0.25, 0.3) is 5.91 Å². The standard InChI is InChI=1S/C13H11BrFNOS/c14-9-3-4-12(15)11(8-9)13(17)16-6-5-10-2-1-7-18-10/h1-4,7-8H,5-6H2,(H,16,17). The molecule has 5 heteroatoms. The summed E-state index contributed by atoms with van der Waals surface area (Å²) in [5.74, 6) is -0.892. The molecule has 0 saturated carbocycles. The van der Waals surface area contributed by atoms with Gasteiger partial charge in [0.1, 0.15) is 5.82 Å². The van der Waals surface area contributed by atoms with E-state index in [0.717, 1.165) is 6.42 Å². The lowest BCUT2D eigenvalue weighted by Crippen LogP contribution is -2.26. The fourth-order valence-corrected chi connectivity index (χ4v) is 2.59. The Kier molecular flexibility index (Phi) is 4.49. The minimum atomic E-state index is -0.508. The molecule has 0 bridgehead atoms. The van der Waals surface area contributed by atoms with Crippen LogP contribution >= 0.6 is 27.3 Å². The molecule has 0 radical (unpaired) electrons. The molecule has 1 aromatic carbocycles. The van der Waals surface area contributed by atoms with Crippen molar-refractivity contribution in [3.05, 3.63) is 56.4 Å². The first-order chi connectivity index (χ1) is 8.66. The van der Waals surface area contributed by atoms with Gasteiger partial charge in [-0.1, -0.05) is 22.0 Å². The van der Waals surface area contributed by atoms with Crippen LogP contribution in [0.4, 0.5) is 4.39 Å². The van der Waals surface area contributed by atoms with E-state index < -0.39 is 5.82 Å². The molecular formula is C13H11BrFNOS. The summed E-state index contributed by atoms with van der Waals surface area (Å²) in [4.78, 5) is 13.0. The fourth-order valence-electron chi connectivity index (χ4n) is 1.52. The van der Waals surface area contributed by atoms with E-state index in [-0.39, 0.29) is 11.5 Å². The maximum atomic E-state index is 13.4. The zero-order valence-corrected chi connectivity index (χ0v) is 11.9. The molecule has 1 amide bonds. The van der Waals surface area contributed by atoms with Gasteiger partial charge in [-0.05, 0) is 36.1 Å². The second kappa shape index (κ2) is 6.11. The van der Waals surface area contributed by atoms with Crippen molar-refractivity contribution in [1.82, 2.24) is 5.32 Å². The zero-order valence-electron chi connectivity index (χ0n) is 9.45. The lowest BCUT2D eigenvalue weighted by atomic mass is 10.2. The normalized spacial score (nSPS) is 10.3. The average molecular weight is 328 g/mol. The number of hydrogen-bond acceptors (Lipinski definition) is 2. The first-order valence-corrected chi connectivity index (χ1v) is 7.10. The number of benzene rings is 1. The van der Waals surface area contributed by atoms with Crippen LogP contribution in [0.5, 0.6) is 0 Å². The second-order valence-electron chi connectivity index (χ2n) is 3.71. The number of nitrogens with one attached hydrogen (secondary N) is 1. The van der Waals surface area contributed by atoms with Crippen LogP contribution in [-0.2, 0) is 6.42 Å². The van der Waals surface area contributed by atoms with Crippen LogP contribution in [0.25, 0.3) is 0 Å². The largest absolute Gasteiger partial charge is 0.352 e. The molecule has 0 aliphatic carbocycles. The van der Waals surface area contributed by atoms with E-state index in [4.69, 9.17) is 0 Å². The topological polar surface area (TPSA) is 29.1 Å². The summed E-state index contributed by atoms with van der Waals surface area (Å²) in [5.41, 5.74) is 0.0653. The third kappa shape index (κ3) is 3.40. The van der Waals surface area contributed by atoms with Gasteiger partial charge in [-0.3, -0.25) is 4.79 Å². The Morgan fingerprint density at radius 2 is 2.22 bits per heavy atom. The van der Waals surface area contributed by atoms with E-state index in [1.165, 1.54) is 17.0 Å². The monoisotopic (exact) mass is 327 g/mol. The Balaban J connectivity index is 1.93. The maximum Gasteiger partial charge on any atom is 0.254 e. The van der Waals surface area contributed by atoms with Crippen LogP contribution in [0.15, 0.2) is 40.2 Å². The molecule has 0 aliphatic rings. The molecule has 0 fully saturated rings. The van der Waals surface area contributed by atoms with E-state index in [1.54, 1.807) is 17.4 Å². The highest BCUT2D eigenvalue weighted by Crippen LogP contribution is 2.15. The third-order valence-electron chi connectivity index (χ3n) is 2.41. The molecule has 2 nitrogen and oxygen atoms in total. The van der Waals surface area contributed by atoms with Crippen LogP contribution in [0.3, 0.4) is 0 Å². The Morgan fingerprint density at radius 1 is 1.39 bits per heavy atom. The summed E-state index contributed by atoms with van der Waals surface area (Å²) in [7, 11) is 0. The number of halogens is 2. The van der Waals surface area contributed by atoms with Gasteiger partial charge in [-0.25, -0.2) is 4.39 Å². The number of rotatable bonds is 4. The van der Waals surface area contributed by atoms with Gasteiger partial charge < -0.3 is 5.32 Å². The average Bonchev–Trinajstić information content (AvgIpc) is 2.85. The molecule has 1 N–H and O–H groups in total. The second-order valence-corrected chi connectivity index (χ2v) is 5.66. The molecule has 0 spiro atoms. The predicted molar refractivity (Wildman–Crippen MR) is 74.5 cm³/mol. The van der Waals surface area contributed by atoms with Crippen molar-refractivity contribution < 1.29 is 9.18 Å². The highest BCUT2D eigenvalue weighted by molar-refractivity contribution is 9.10. The zero-order chi connectivity index (χ0) is 13.0. The van der Waals surface area contributed by atoms with Crippen molar-refractivity contribution in [2.45, 2.75) is 6.42 Å². The van der Waals surface area contributed by atoms with Gasteiger partial charge in [0.05, 0.1) is 5.56 Å². The molecule has 2 rings (SSSR count). The van der Waals surface area contributed by atoms with Gasteiger partial charge in [0.15, 0.2) is 0 Å². The summed E-state index contributed by atoms with van der Waals surface area (Å²) in [5, 5.41) is 4.70. The lowest BCUT2D eigenvalue weighted by Gasteiger charge is -2.05. The molecule has 1 heterocycles. The summed E-state index contributed by atoms with van der Waals surface area (Å²) < 4.78 is 14.1. The van der Waals surface area contributed by atoms with Crippen molar-refractivity contribution in [1.29, 1.82) is 0 Å². The molecule has 0 unspecified atom stereocenters. The smallest absolute Gasteiger partial charge is 0.254 e. The van der Waals surface area contributed by atoms with Gasteiger partial charge in [-0.15, -0.1) is 11.3 Å². The van der Waals surface area contributed by atoms with Crippen molar-refractivity contribution in [3.8, 4) is 0 Å². The van der Waals surface area contributed by atoms with Crippen LogP contribution in [0, 0.1) is 5.82 Å². The van der Waals surface area contributed by atoms with Crippen LogP contribution in [0.2, 0.25) is 0 Å². The van der Waals surface area contributed by atoms with E-state index in [0.29, 0.717) is 11.0 Å². The van der Waals surface area contributed by atoms with Crippen LogP contribution in [0.1, 0.15) is 15.2 Å². The molecule has 0 atom stereocenters. The van der Waals surface area contributed by atoms with Crippen molar-refractivity contribution in [2.75, 3.05) is 6.54 Å². The lowest BCUT2D eigenvalue weighted by molar-refractivity contribution is 0.0950. The molecule has 1 aromatic heterocycles. The van der Waals surface area contributed by atoms with E-state index >= 15 is 0 Å². The third-order valence-corrected chi connectivity index (χ3v) is 3.84. The number of amides is 1. The summed E-state index contributed by atoms with van der Waals surface area (Å²) in [6, 6.07) is 8.30. The van der Waals surface area contributed by atoms with Crippen molar-refractivity contribution in [3.63, 3.8) is 0 Å². The fraction of sp³-hybridized carbons (Fsp3) is 0.154. The minimum Gasteiger partial charge on any atom is -0.352 e. The van der Waals surface area contributed by atoms with Gasteiger partial charge >= 0.3 is 0 Å². The highest BCUT2D eigenvalue weighted by atomic mass is 79.9. The van der Waals surface area contributed by atoms with E-state index in [2.05, 4.69) is 21.2 Å². The van der Waals surface area contributed by atoms with Crippen LogP contribution < -0.4 is 5.32 Å². The quantitative estimate of drug-likeness (QED) is 0.912. The molecule has 0 saturated heterocycles. The molecule has 94 valence electrons. The Morgan fingerprint density at radius 3 is 2.94 bits per heavy atom. The Bertz CT molecular complexity index is 542. The van der Waals surface area contributed by atoms with Gasteiger partial charge in [0.2, 0.25) is 0 Å². The summed E-state index contributed by atoms with van der Waals surface area (Å²) in [6.07, 6.45) is 0.763. The SMILES string of the molecule is O=C(NCCc1cccs1)c1cc(Br)ccc1F. The number of hydrogen-bond donors (Lipinski definition) is 1. The molecule has 2 aromatic rings. The van der Waals surface area contributed by atoms with Gasteiger partial charge in [-0.2, -0.15) is 0 Å². The molecule has 0 aliphatic heterocycles. The highest BCUT2D eigenvalue weighted by Gasteiger charge is 2.11. The maximum absolute atomic E-state index is 13.4. The summed E-state index contributed by atoms with van der Waals surface area (Å²) in [6.45, 7) is 0.505. The van der Waals surface area contributed by atoms with Gasteiger partial charge in [0, 0.05) is 15.9 Å². The predicted octanol–water partition coefficient (Wildman–Crippen LogP) is 3.62. The Hall–Kier alpha value is -1.20. The minimum absolute atomic E-state index is 0.0653. The van der Waals surface area contributed by atoms with Crippen molar-refractivity contribution >= 4 is 33.2 Å². The van der Waals surface area contributed by atoms with E-state index in [9.17, 15) is 9.18 Å².